The van der Waals surface area contributed by atoms with Crippen LogP contribution in [0.2, 0.25) is 0 Å². The fourth-order valence-corrected chi connectivity index (χ4v) is 3.86. The average Bonchev–Trinajstić information content (AvgIpc) is 3.02. The quantitative estimate of drug-likeness (QED) is 0.770. The zero-order valence-electron chi connectivity index (χ0n) is 10.8. The topological polar surface area (TPSA) is 37.6 Å². The Kier molecular flexibility index (Phi) is 2.22. The van der Waals surface area contributed by atoms with Gasteiger partial charge in [0.05, 0.1) is 5.52 Å². The van der Waals surface area contributed by atoms with Crippen LogP contribution >= 0.6 is 0 Å². The molecule has 2 aromatic heterocycles. The largest absolute Gasteiger partial charge is 0.344 e. The normalized spacial score (nSPS) is 24.8. The van der Waals surface area contributed by atoms with E-state index < -0.39 is 0 Å². The second kappa shape index (κ2) is 3.83. The standard InChI is InChI=1S/C15H17N3O/c19-11-17-9-15(10-17)4-1-13(8-15)12-3-6-18-14(7-12)2-5-16-18/h2-3,5-7,11,13H,1,4,8-10H2. The molecule has 1 spiro atoms. The van der Waals surface area contributed by atoms with Gasteiger partial charge in [-0.05, 0) is 48.9 Å². The first-order valence-corrected chi connectivity index (χ1v) is 6.91. The van der Waals surface area contributed by atoms with Gasteiger partial charge < -0.3 is 4.90 Å². The summed E-state index contributed by atoms with van der Waals surface area (Å²) in [6.45, 7) is 1.92. The van der Waals surface area contributed by atoms with Crippen molar-refractivity contribution in [1.82, 2.24) is 14.5 Å². The summed E-state index contributed by atoms with van der Waals surface area (Å²) in [6.07, 6.45) is 8.60. The van der Waals surface area contributed by atoms with Crippen LogP contribution in [0.25, 0.3) is 5.52 Å². The number of aromatic nitrogens is 2. The first-order valence-electron chi connectivity index (χ1n) is 6.91. The lowest BCUT2D eigenvalue weighted by atomic mass is 9.77. The first-order chi connectivity index (χ1) is 9.28. The van der Waals surface area contributed by atoms with Crippen LogP contribution in [0.3, 0.4) is 0 Å². The molecule has 98 valence electrons. The molecule has 1 unspecified atom stereocenters. The predicted octanol–water partition coefficient (Wildman–Crippen LogP) is 2.06. The van der Waals surface area contributed by atoms with E-state index in [-0.39, 0.29) is 0 Å². The van der Waals surface area contributed by atoms with Crippen LogP contribution in [-0.4, -0.2) is 34.0 Å². The molecule has 0 radical (unpaired) electrons. The second-order valence-corrected chi connectivity index (χ2v) is 6.11. The van der Waals surface area contributed by atoms with Crippen LogP contribution in [0.5, 0.6) is 0 Å². The van der Waals surface area contributed by atoms with Gasteiger partial charge >= 0.3 is 0 Å². The Morgan fingerprint density at radius 1 is 1.37 bits per heavy atom. The molecule has 2 aliphatic rings. The number of likely N-dealkylation sites (tertiary alicyclic amines) is 1. The van der Waals surface area contributed by atoms with Gasteiger partial charge in [-0.1, -0.05) is 0 Å². The van der Waals surface area contributed by atoms with Crippen LogP contribution in [0.4, 0.5) is 0 Å². The van der Waals surface area contributed by atoms with Crippen LogP contribution in [0, 0.1) is 5.41 Å². The van der Waals surface area contributed by atoms with Gasteiger partial charge in [-0.15, -0.1) is 0 Å². The number of amides is 1. The van der Waals surface area contributed by atoms with E-state index >= 15 is 0 Å². The van der Waals surface area contributed by atoms with E-state index in [0.717, 1.165) is 19.5 Å². The highest BCUT2D eigenvalue weighted by molar-refractivity contribution is 5.50. The third-order valence-electron chi connectivity index (χ3n) is 4.82. The summed E-state index contributed by atoms with van der Waals surface area (Å²) in [5, 5.41) is 4.23. The summed E-state index contributed by atoms with van der Waals surface area (Å²) in [7, 11) is 0. The Labute approximate surface area is 112 Å². The maximum absolute atomic E-state index is 10.7. The van der Waals surface area contributed by atoms with Crippen LogP contribution in [0.1, 0.15) is 30.7 Å². The van der Waals surface area contributed by atoms with Crippen molar-refractivity contribution >= 4 is 11.9 Å². The van der Waals surface area contributed by atoms with Crippen molar-refractivity contribution in [3.8, 4) is 0 Å². The number of hydrogen-bond donors (Lipinski definition) is 0. The Bertz CT molecular complexity index is 627. The molecule has 1 atom stereocenters. The molecule has 2 fully saturated rings. The second-order valence-electron chi connectivity index (χ2n) is 6.11. The zero-order chi connectivity index (χ0) is 12.9. The van der Waals surface area contributed by atoms with Gasteiger partial charge in [0.25, 0.3) is 0 Å². The summed E-state index contributed by atoms with van der Waals surface area (Å²) in [5.41, 5.74) is 3.01. The van der Waals surface area contributed by atoms with Crippen molar-refractivity contribution in [2.24, 2.45) is 5.41 Å². The molecule has 4 rings (SSSR count). The number of fused-ring (bicyclic) bond motifs is 1. The van der Waals surface area contributed by atoms with E-state index in [9.17, 15) is 4.79 Å². The summed E-state index contributed by atoms with van der Waals surface area (Å²) >= 11 is 0. The van der Waals surface area contributed by atoms with Gasteiger partial charge in [0.1, 0.15) is 0 Å². The van der Waals surface area contributed by atoms with Gasteiger partial charge in [-0.25, -0.2) is 4.52 Å². The van der Waals surface area contributed by atoms with Crippen molar-refractivity contribution in [1.29, 1.82) is 0 Å². The highest BCUT2D eigenvalue weighted by atomic mass is 16.1. The van der Waals surface area contributed by atoms with E-state index in [1.54, 1.807) is 0 Å². The molecule has 1 saturated heterocycles. The molecule has 4 nitrogen and oxygen atoms in total. The Hall–Kier alpha value is -1.84. The number of hydrogen-bond acceptors (Lipinski definition) is 2. The molecule has 1 saturated carbocycles. The van der Waals surface area contributed by atoms with Crippen LogP contribution in [0.15, 0.2) is 30.6 Å². The molecule has 19 heavy (non-hydrogen) atoms. The molecule has 0 aromatic carbocycles. The fourth-order valence-electron chi connectivity index (χ4n) is 3.86. The molecule has 4 heteroatoms. The molecule has 3 heterocycles. The maximum Gasteiger partial charge on any atom is 0.209 e. The van der Waals surface area contributed by atoms with Gasteiger partial charge in [0.15, 0.2) is 0 Å². The number of rotatable bonds is 2. The molecule has 2 aromatic rings. The molecule has 1 amide bonds. The summed E-state index contributed by atoms with van der Waals surface area (Å²) in [5.74, 6) is 0.647. The van der Waals surface area contributed by atoms with E-state index in [2.05, 4.69) is 17.2 Å². The monoisotopic (exact) mass is 255 g/mol. The Morgan fingerprint density at radius 2 is 2.26 bits per heavy atom. The van der Waals surface area contributed by atoms with E-state index in [1.807, 2.05) is 27.9 Å². The Morgan fingerprint density at radius 3 is 3.11 bits per heavy atom. The highest BCUT2D eigenvalue weighted by Crippen LogP contribution is 2.51. The lowest BCUT2D eigenvalue weighted by molar-refractivity contribution is -0.129. The first kappa shape index (κ1) is 11.0. The molecular weight excluding hydrogens is 238 g/mol. The molecule has 1 aliphatic carbocycles. The van der Waals surface area contributed by atoms with E-state index in [0.29, 0.717) is 11.3 Å². The molecular formula is C15H17N3O. The van der Waals surface area contributed by atoms with Gasteiger partial charge in [-0.2, -0.15) is 5.10 Å². The van der Waals surface area contributed by atoms with Gasteiger partial charge in [0.2, 0.25) is 6.41 Å². The van der Waals surface area contributed by atoms with Crippen LogP contribution in [-0.2, 0) is 4.79 Å². The summed E-state index contributed by atoms with van der Waals surface area (Å²) in [4.78, 5) is 12.6. The van der Waals surface area contributed by atoms with E-state index in [1.165, 1.54) is 30.3 Å². The fraction of sp³-hybridized carbons (Fsp3) is 0.467. The number of carbonyl (C=O) groups is 1. The minimum Gasteiger partial charge on any atom is -0.344 e. The van der Waals surface area contributed by atoms with Gasteiger partial charge in [-0.3, -0.25) is 4.79 Å². The van der Waals surface area contributed by atoms with Crippen molar-refractivity contribution in [3.63, 3.8) is 0 Å². The number of carbonyl (C=O) groups excluding carboxylic acids is 1. The SMILES string of the molecule is O=CN1CC2(CCC(c3ccn4nccc4c3)C2)C1. The molecule has 0 bridgehead atoms. The maximum atomic E-state index is 10.7. The smallest absolute Gasteiger partial charge is 0.209 e. The lowest BCUT2D eigenvalue weighted by Crippen LogP contribution is -2.54. The molecule has 0 N–H and O–H groups in total. The number of pyridine rings is 1. The third-order valence-corrected chi connectivity index (χ3v) is 4.82. The molecule has 1 aliphatic heterocycles. The lowest BCUT2D eigenvalue weighted by Gasteiger charge is -2.46. The van der Waals surface area contributed by atoms with Crippen molar-refractivity contribution in [2.75, 3.05) is 13.1 Å². The summed E-state index contributed by atoms with van der Waals surface area (Å²) in [6, 6.07) is 6.50. The Balaban J connectivity index is 1.55. The van der Waals surface area contributed by atoms with Crippen molar-refractivity contribution < 1.29 is 4.79 Å². The third kappa shape index (κ3) is 1.66. The minimum absolute atomic E-state index is 0.415. The highest BCUT2D eigenvalue weighted by Gasteiger charge is 2.47. The van der Waals surface area contributed by atoms with Crippen molar-refractivity contribution in [2.45, 2.75) is 25.2 Å². The number of nitrogens with zero attached hydrogens (tertiary/aromatic N) is 3. The predicted molar refractivity (Wildman–Crippen MR) is 71.9 cm³/mol. The average molecular weight is 255 g/mol. The van der Waals surface area contributed by atoms with Crippen molar-refractivity contribution in [3.05, 3.63) is 36.2 Å². The van der Waals surface area contributed by atoms with Crippen LogP contribution < -0.4 is 0 Å². The van der Waals surface area contributed by atoms with E-state index in [4.69, 9.17) is 0 Å². The zero-order valence-corrected chi connectivity index (χ0v) is 10.8. The van der Waals surface area contributed by atoms with Gasteiger partial charge in [0, 0.05) is 30.9 Å². The minimum atomic E-state index is 0.415. The summed E-state index contributed by atoms with van der Waals surface area (Å²) < 4.78 is 1.91.